The van der Waals surface area contributed by atoms with Crippen molar-refractivity contribution in [2.75, 3.05) is 0 Å². The Morgan fingerprint density at radius 3 is 1.57 bits per heavy atom. The van der Waals surface area contributed by atoms with Gasteiger partial charge in [-0.25, -0.2) is 0 Å². The highest BCUT2D eigenvalue weighted by Gasteiger charge is 2.16. The number of hydrogen-bond acceptors (Lipinski definition) is 1. The molecular weight excluding hydrogens is 172 g/mol. The Hall–Kier alpha value is -0.0400. The predicted octanol–water partition coefficient (Wildman–Crippen LogP) is 4.00. The summed E-state index contributed by atoms with van der Waals surface area (Å²) in [4.78, 5) is 0. The molecule has 86 valence electrons. The van der Waals surface area contributed by atoms with E-state index in [1.54, 1.807) is 0 Å². The van der Waals surface area contributed by atoms with Gasteiger partial charge >= 0.3 is 0 Å². The highest BCUT2D eigenvalue weighted by atomic mass is 16.3. The van der Waals surface area contributed by atoms with Crippen molar-refractivity contribution < 1.29 is 5.11 Å². The Morgan fingerprint density at radius 2 is 1.43 bits per heavy atom. The summed E-state index contributed by atoms with van der Waals surface area (Å²) >= 11 is 0. The molecule has 0 aromatic carbocycles. The molecule has 1 nitrogen and oxygen atoms in total. The number of aliphatic hydroxyl groups is 1. The molecule has 1 fully saturated rings. The van der Waals surface area contributed by atoms with Gasteiger partial charge in [-0.05, 0) is 25.7 Å². The average molecular weight is 200 g/mol. The molecule has 1 rings (SSSR count). The van der Waals surface area contributed by atoms with Gasteiger partial charge in [-0.3, -0.25) is 0 Å². The van der Waals surface area contributed by atoms with Crippen molar-refractivity contribution in [3.8, 4) is 0 Å². The monoisotopic (exact) mass is 200 g/mol. The zero-order valence-corrected chi connectivity index (χ0v) is 10.6. The quantitative estimate of drug-likeness (QED) is 0.678. The van der Waals surface area contributed by atoms with Gasteiger partial charge in [0.1, 0.15) is 0 Å². The first-order valence-electron chi connectivity index (χ1n) is 6.06. The highest BCUT2D eigenvalue weighted by Crippen LogP contribution is 2.22. The fourth-order valence-electron chi connectivity index (χ4n) is 1.31. The van der Waals surface area contributed by atoms with Gasteiger partial charge in [0.2, 0.25) is 0 Å². The van der Waals surface area contributed by atoms with Crippen LogP contribution in [0.25, 0.3) is 0 Å². The van der Waals surface area contributed by atoms with Crippen LogP contribution in [0.4, 0.5) is 0 Å². The Kier molecular flexibility index (Phi) is 6.43. The van der Waals surface area contributed by atoms with Crippen LogP contribution in [-0.4, -0.2) is 10.7 Å². The second-order valence-electron chi connectivity index (χ2n) is 5.55. The fraction of sp³-hybridized carbons (Fsp3) is 1.00. The summed E-state index contributed by atoms with van der Waals surface area (Å²) < 4.78 is 0. The van der Waals surface area contributed by atoms with E-state index < -0.39 is 5.60 Å². The molecule has 1 aliphatic carbocycles. The summed E-state index contributed by atoms with van der Waals surface area (Å²) in [6.45, 7) is 9.99. The molecule has 0 bridgehead atoms. The topological polar surface area (TPSA) is 20.2 Å². The van der Waals surface area contributed by atoms with Gasteiger partial charge in [0, 0.05) is 0 Å². The first-order chi connectivity index (χ1) is 6.34. The van der Waals surface area contributed by atoms with E-state index >= 15 is 0 Å². The summed E-state index contributed by atoms with van der Waals surface area (Å²) in [7, 11) is 0. The Bertz CT molecular complexity index is 127. The third kappa shape index (κ3) is 7.37. The normalized spacial score (nSPS) is 19.1. The molecule has 0 aliphatic heterocycles. The summed E-state index contributed by atoms with van der Waals surface area (Å²) in [5.41, 5.74) is -0.500. The van der Waals surface area contributed by atoms with Crippen LogP contribution in [0.2, 0.25) is 0 Å². The molecular formula is C13H28O. The van der Waals surface area contributed by atoms with Gasteiger partial charge in [0.05, 0.1) is 5.60 Å². The molecule has 0 amide bonds. The van der Waals surface area contributed by atoms with Crippen molar-refractivity contribution in [3.63, 3.8) is 0 Å². The smallest absolute Gasteiger partial charge is 0.0614 e. The summed E-state index contributed by atoms with van der Waals surface area (Å²) in [5.74, 6) is 1.39. The van der Waals surface area contributed by atoms with E-state index in [-0.39, 0.29) is 0 Å². The standard InChI is InChI=1S/C7H14.C6H14O/c1-7-5-3-2-4-6-7;1-5(2)6(3,4)7/h7H,2-6H2,1H3;5,7H,1-4H3. The minimum absolute atomic E-state index is 0.354. The maximum absolute atomic E-state index is 9.09. The first-order valence-corrected chi connectivity index (χ1v) is 6.06. The molecule has 1 aliphatic rings. The summed E-state index contributed by atoms with van der Waals surface area (Å²) in [6.07, 6.45) is 7.44. The van der Waals surface area contributed by atoms with Gasteiger partial charge in [0.15, 0.2) is 0 Å². The van der Waals surface area contributed by atoms with E-state index in [1.165, 1.54) is 32.1 Å². The largest absolute Gasteiger partial charge is 0.390 e. The lowest BCUT2D eigenvalue weighted by Gasteiger charge is -2.21. The van der Waals surface area contributed by atoms with Crippen LogP contribution in [0.5, 0.6) is 0 Å². The average Bonchev–Trinajstić information content (AvgIpc) is 2.04. The zero-order chi connectivity index (χ0) is 11.2. The van der Waals surface area contributed by atoms with E-state index in [9.17, 15) is 0 Å². The van der Waals surface area contributed by atoms with Crippen molar-refractivity contribution in [2.45, 2.75) is 72.3 Å². The van der Waals surface area contributed by atoms with Crippen molar-refractivity contribution in [1.82, 2.24) is 0 Å². The van der Waals surface area contributed by atoms with E-state index in [0.29, 0.717) is 5.92 Å². The van der Waals surface area contributed by atoms with E-state index in [1.807, 2.05) is 27.7 Å². The highest BCUT2D eigenvalue weighted by molar-refractivity contribution is 4.68. The Labute approximate surface area is 89.9 Å². The maximum atomic E-state index is 9.09. The molecule has 0 saturated heterocycles. The van der Waals surface area contributed by atoms with Gasteiger partial charge < -0.3 is 5.11 Å². The Morgan fingerprint density at radius 1 is 1.07 bits per heavy atom. The molecule has 1 saturated carbocycles. The second kappa shape index (κ2) is 6.44. The van der Waals surface area contributed by atoms with Crippen molar-refractivity contribution in [3.05, 3.63) is 0 Å². The van der Waals surface area contributed by atoms with Gasteiger partial charge in [-0.15, -0.1) is 0 Å². The van der Waals surface area contributed by atoms with Gasteiger partial charge in [-0.1, -0.05) is 52.9 Å². The lowest BCUT2D eigenvalue weighted by Crippen LogP contribution is -2.25. The van der Waals surface area contributed by atoms with Gasteiger partial charge in [-0.2, -0.15) is 0 Å². The number of hydrogen-bond donors (Lipinski definition) is 1. The third-order valence-corrected chi connectivity index (χ3v) is 3.31. The van der Waals surface area contributed by atoms with Crippen LogP contribution in [0.3, 0.4) is 0 Å². The molecule has 1 heteroatoms. The van der Waals surface area contributed by atoms with Crippen LogP contribution in [0.15, 0.2) is 0 Å². The lowest BCUT2D eigenvalue weighted by atomic mass is 9.91. The molecule has 0 atom stereocenters. The van der Waals surface area contributed by atoms with E-state index in [2.05, 4.69) is 6.92 Å². The zero-order valence-electron chi connectivity index (χ0n) is 10.6. The van der Waals surface area contributed by atoms with Crippen molar-refractivity contribution >= 4 is 0 Å². The van der Waals surface area contributed by atoms with E-state index in [4.69, 9.17) is 5.11 Å². The summed E-state index contributed by atoms with van der Waals surface area (Å²) in [5, 5.41) is 9.09. The van der Waals surface area contributed by atoms with Crippen LogP contribution in [0, 0.1) is 11.8 Å². The van der Waals surface area contributed by atoms with Crippen LogP contribution < -0.4 is 0 Å². The number of rotatable bonds is 1. The minimum atomic E-state index is -0.500. The van der Waals surface area contributed by atoms with Crippen molar-refractivity contribution in [1.29, 1.82) is 0 Å². The molecule has 0 heterocycles. The molecule has 0 aromatic heterocycles. The van der Waals surface area contributed by atoms with Crippen LogP contribution in [-0.2, 0) is 0 Å². The van der Waals surface area contributed by atoms with Crippen LogP contribution in [0.1, 0.15) is 66.7 Å². The predicted molar refractivity (Wildman–Crippen MR) is 63.4 cm³/mol. The maximum Gasteiger partial charge on any atom is 0.0614 e. The Balaban J connectivity index is 0.000000241. The van der Waals surface area contributed by atoms with Crippen LogP contribution >= 0.6 is 0 Å². The minimum Gasteiger partial charge on any atom is -0.390 e. The molecule has 1 N–H and O–H groups in total. The SMILES string of the molecule is CC(C)C(C)(C)O.CC1CCCCC1. The molecule has 0 radical (unpaired) electrons. The second-order valence-corrected chi connectivity index (χ2v) is 5.55. The first kappa shape index (κ1) is 14.0. The van der Waals surface area contributed by atoms with Gasteiger partial charge in [0.25, 0.3) is 0 Å². The molecule has 0 spiro atoms. The van der Waals surface area contributed by atoms with Crippen molar-refractivity contribution in [2.24, 2.45) is 11.8 Å². The van der Waals surface area contributed by atoms with E-state index in [0.717, 1.165) is 5.92 Å². The molecule has 14 heavy (non-hydrogen) atoms. The summed E-state index contributed by atoms with van der Waals surface area (Å²) in [6, 6.07) is 0. The third-order valence-electron chi connectivity index (χ3n) is 3.31. The lowest BCUT2D eigenvalue weighted by molar-refractivity contribution is 0.0327. The molecule has 0 aromatic rings. The molecule has 0 unspecified atom stereocenters. The fourth-order valence-corrected chi connectivity index (χ4v) is 1.31.